The van der Waals surface area contributed by atoms with Crippen molar-refractivity contribution in [3.8, 4) is 0 Å². The van der Waals surface area contributed by atoms with Crippen molar-refractivity contribution in [2.45, 2.75) is 6.42 Å². The van der Waals surface area contributed by atoms with Gasteiger partial charge in [0, 0.05) is 10.7 Å². The van der Waals surface area contributed by atoms with E-state index in [9.17, 15) is 0 Å². The van der Waals surface area contributed by atoms with Gasteiger partial charge in [-0.1, -0.05) is 11.2 Å². The van der Waals surface area contributed by atoms with Crippen LogP contribution in [0, 0.1) is 0 Å². The molecule has 0 N–H and O–H groups in total. The Hall–Kier alpha value is -0.600. The summed E-state index contributed by atoms with van der Waals surface area (Å²) in [6, 6.07) is 0. The second kappa shape index (κ2) is 2.64. The molecule has 0 saturated heterocycles. The van der Waals surface area contributed by atoms with Crippen LogP contribution in [-0.2, 0) is 0 Å². The first-order chi connectivity index (χ1) is 3.93. The normalized spacial score (nSPS) is 17.2. The van der Waals surface area contributed by atoms with E-state index in [1.54, 1.807) is 11.8 Å². The summed E-state index contributed by atoms with van der Waals surface area (Å²) in [4.78, 5) is 2.65. The molecular weight excluding hydrogens is 122 g/mol. The molecule has 3 nitrogen and oxygen atoms in total. The molecule has 0 atom stereocenters. The Morgan fingerprint density at radius 1 is 1.88 bits per heavy atom. The van der Waals surface area contributed by atoms with Gasteiger partial charge < -0.3 is 0 Å². The van der Waals surface area contributed by atoms with Gasteiger partial charge in [-0.05, 0) is 12.0 Å². The van der Waals surface area contributed by atoms with Crippen LogP contribution in [0.4, 0.5) is 0 Å². The first kappa shape index (κ1) is 5.54. The SMILES string of the molecule is [N-]=[N+]=NC1=CCCS1. The molecule has 0 aromatic carbocycles. The van der Waals surface area contributed by atoms with Crippen molar-refractivity contribution in [1.82, 2.24) is 0 Å². The number of nitrogens with zero attached hydrogens (tertiary/aromatic N) is 3. The van der Waals surface area contributed by atoms with E-state index in [4.69, 9.17) is 5.53 Å². The molecule has 0 bridgehead atoms. The summed E-state index contributed by atoms with van der Waals surface area (Å²) in [5, 5.41) is 4.25. The second-order valence-electron chi connectivity index (χ2n) is 1.37. The summed E-state index contributed by atoms with van der Waals surface area (Å²) in [7, 11) is 0. The molecule has 1 rings (SSSR count). The predicted molar refractivity (Wildman–Crippen MR) is 34.3 cm³/mol. The lowest BCUT2D eigenvalue weighted by Gasteiger charge is -1.81. The minimum atomic E-state index is 0.826. The third-order valence-electron chi connectivity index (χ3n) is 0.830. The molecule has 0 amide bonds. The number of azide groups is 1. The maximum atomic E-state index is 7.93. The lowest BCUT2D eigenvalue weighted by atomic mass is 10.5. The molecule has 0 aliphatic carbocycles. The first-order valence-electron chi connectivity index (χ1n) is 2.31. The van der Waals surface area contributed by atoms with Gasteiger partial charge in [0.25, 0.3) is 0 Å². The van der Waals surface area contributed by atoms with Gasteiger partial charge in [-0.3, -0.25) is 0 Å². The minimum absolute atomic E-state index is 0.826. The minimum Gasteiger partial charge on any atom is -0.124 e. The zero-order valence-electron chi connectivity index (χ0n) is 4.24. The molecule has 4 heteroatoms. The van der Waals surface area contributed by atoms with E-state index < -0.39 is 0 Å². The molecule has 1 heterocycles. The van der Waals surface area contributed by atoms with Crippen LogP contribution >= 0.6 is 11.8 Å². The Morgan fingerprint density at radius 2 is 2.75 bits per heavy atom. The Bertz CT molecular complexity index is 157. The highest BCUT2D eigenvalue weighted by Gasteiger charge is 1.99. The van der Waals surface area contributed by atoms with Crippen molar-refractivity contribution in [3.05, 3.63) is 21.5 Å². The smallest absolute Gasteiger partial charge is 0.0666 e. The van der Waals surface area contributed by atoms with E-state index in [-0.39, 0.29) is 0 Å². The highest BCUT2D eigenvalue weighted by atomic mass is 32.2. The number of rotatable bonds is 1. The molecule has 0 unspecified atom stereocenters. The quantitative estimate of drug-likeness (QED) is 0.303. The van der Waals surface area contributed by atoms with Gasteiger partial charge >= 0.3 is 0 Å². The van der Waals surface area contributed by atoms with Crippen LogP contribution in [0.5, 0.6) is 0 Å². The first-order valence-corrected chi connectivity index (χ1v) is 3.30. The Balaban J connectivity index is 2.57. The number of allylic oxidation sites excluding steroid dienone is 1. The zero-order valence-corrected chi connectivity index (χ0v) is 5.06. The van der Waals surface area contributed by atoms with Crippen molar-refractivity contribution >= 4 is 11.8 Å². The maximum absolute atomic E-state index is 7.93. The molecule has 0 radical (unpaired) electrons. The summed E-state index contributed by atoms with van der Waals surface area (Å²) in [5.41, 5.74) is 7.93. The van der Waals surface area contributed by atoms with Crippen molar-refractivity contribution in [1.29, 1.82) is 0 Å². The van der Waals surface area contributed by atoms with Crippen LogP contribution < -0.4 is 0 Å². The highest BCUT2D eigenvalue weighted by Crippen LogP contribution is 2.25. The fourth-order valence-electron chi connectivity index (χ4n) is 0.519. The summed E-state index contributed by atoms with van der Waals surface area (Å²) in [5.74, 6) is 1.06. The Labute approximate surface area is 51.4 Å². The van der Waals surface area contributed by atoms with Gasteiger partial charge in [0.2, 0.25) is 0 Å². The lowest BCUT2D eigenvalue weighted by molar-refractivity contribution is 1.26. The summed E-state index contributed by atoms with van der Waals surface area (Å²) < 4.78 is 0. The maximum Gasteiger partial charge on any atom is 0.0666 e. The van der Waals surface area contributed by atoms with Gasteiger partial charge in [0.05, 0.1) is 5.03 Å². The van der Waals surface area contributed by atoms with Crippen LogP contribution in [0.2, 0.25) is 0 Å². The third kappa shape index (κ3) is 1.18. The van der Waals surface area contributed by atoms with Crippen molar-refractivity contribution in [3.63, 3.8) is 0 Å². The van der Waals surface area contributed by atoms with Gasteiger partial charge in [-0.25, -0.2) is 0 Å². The molecular formula is C4H5N3S. The fraction of sp³-hybridized carbons (Fsp3) is 0.500. The van der Waals surface area contributed by atoms with Gasteiger partial charge in [0.15, 0.2) is 0 Å². The van der Waals surface area contributed by atoms with E-state index in [1.807, 2.05) is 6.08 Å². The van der Waals surface area contributed by atoms with E-state index in [0.29, 0.717) is 0 Å². The molecule has 0 saturated carbocycles. The van der Waals surface area contributed by atoms with E-state index in [2.05, 4.69) is 10.0 Å². The Morgan fingerprint density at radius 3 is 3.25 bits per heavy atom. The standard InChI is InChI=1S/C4H5N3S/c5-7-6-4-2-1-3-8-4/h2H,1,3H2. The zero-order chi connectivity index (χ0) is 5.82. The highest BCUT2D eigenvalue weighted by molar-refractivity contribution is 8.03. The predicted octanol–water partition coefficient (Wildman–Crippen LogP) is 2.28. The molecule has 0 spiro atoms. The summed E-state index contributed by atoms with van der Waals surface area (Å²) >= 11 is 1.61. The molecule has 0 aromatic heterocycles. The summed E-state index contributed by atoms with van der Waals surface area (Å²) in [6.45, 7) is 0. The van der Waals surface area contributed by atoms with Crippen molar-refractivity contribution in [2.24, 2.45) is 5.11 Å². The van der Waals surface area contributed by atoms with Gasteiger partial charge in [-0.2, -0.15) is 0 Å². The average Bonchev–Trinajstić information content (AvgIpc) is 2.19. The second-order valence-corrected chi connectivity index (χ2v) is 2.48. The largest absolute Gasteiger partial charge is 0.124 e. The molecule has 0 aromatic rings. The molecule has 1 aliphatic rings. The topological polar surface area (TPSA) is 48.8 Å². The molecule has 42 valence electrons. The number of thioether (sulfide) groups is 1. The van der Waals surface area contributed by atoms with E-state index in [0.717, 1.165) is 17.2 Å². The third-order valence-corrected chi connectivity index (χ3v) is 1.81. The fourth-order valence-corrected chi connectivity index (χ4v) is 1.29. The monoisotopic (exact) mass is 127 g/mol. The molecule has 1 aliphatic heterocycles. The van der Waals surface area contributed by atoms with E-state index >= 15 is 0 Å². The van der Waals surface area contributed by atoms with Crippen molar-refractivity contribution < 1.29 is 0 Å². The van der Waals surface area contributed by atoms with Crippen LogP contribution in [0.15, 0.2) is 16.2 Å². The van der Waals surface area contributed by atoms with Gasteiger partial charge in [-0.15, -0.1) is 11.8 Å². The van der Waals surface area contributed by atoms with Crippen molar-refractivity contribution in [2.75, 3.05) is 5.75 Å². The molecule has 8 heavy (non-hydrogen) atoms. The van der Waals surface area contributed by atoms with Crippen LogP contribution in [0.1, 0.15) is 6.42 Å². The molecule has 0 fully saturated rings. The average molecular weight is 127 g/mol. The Kier molecular flexibility index (Phi) is 1.83. The van der Waals surface area contributed by atoms with Crippen LogP contribution in [0.25, 0.3) is 10.4 Å². The lowest BCUT2D eigenvalue weighted by Crippen LogP contribution is -1.58. The van der Waals surface area contributed by atoms with Gasteiger partial charge in [0.1, 0.15) is 0 Å². The van der Waals surface area contributed by atoms with E-state index in [1.165, 1.54) is 0 Å². The van der Waals surface area contributed by atoms with Crippen LogP contribution in [0.3, 0.4) is 0 Å². The summed E-state index contributed by atoms with van der Waals surface area (Å²) in [6.07, 6.45) is 2.99. The number of hydrogen-bond acceptors (Lipinski definition) is 2. The van der Waals surface area contributed by atoms with Crippen LogP contribution in [-0.4, -0.2) is 5.75 Å². The number of hydrogen-bond donors (Lipinski definition) is 0.